The number of urea groups is 1. The van der Waals surface area contributed by atoms with Crippen LogP contribution in [0.3, 0.4) is 0 Å². The van der Waals surface area contributed by atoms with Gasteiger partial charge in [-0.1, -0.05) is 42.1 Å². The van der Waals surface area contributed by atoms with Gasteiger partial charge in [-0.15, -0.1) is 0 Å². The smallest absolute Gasteiger partial charge is 0.371 e. The molecule has 0 fully saturated rings. The number of furan rings is 1. The van der Waals surface area contributed by atoms with Crippen LogP contribution in [0.5, 0.6) is 0 Å². The number of hydrogen-bond acceptors (Lipinski definition) is 4. The van der Waals surface area contributed by atoms with Crippen LogP contribution in [0.15, 0.2) is 34.9 Å². The maximum absolute atomic E-state index is 11.9. The first kappa shape index (κ1) is 17.5. The predicted octanol–water partition coefficient (Wildman–Crippen LogP) is 3.89. The van der Waals surface area contributed by atoms with Crippen molar-refractivity contribution in [3.05, 3.63) is 51.9 Å². The number of rotatable bonds is 5. The number of nitrogens with one attached hydrogen (secondary N) is 1. The van der Waals surface area contributed by atoms with Gasteiger partial charge in [-0.3, -0.25) is 0 Å². The Kier molecular flexibility index (Phi) is 5.81. The molecule has 0 atom stereocenters. The molecule has 0 radical (unpaired) electrons. The van der Waals surface area contributed by atoms with Gasteiger partial charge in [-0.2, -0.15) is 0 Å². The van der Waals surface area contributed by atoms with Crippen LogP contribution in [-0.2, 0) is 6.42 Å². The first-order chi connectivity index (χ1) is 10.9. The number of carboxylic acids is 1. The van der Waals surface area contributed by atoms with Crippen LogP contribution in [0.2, 0.25) is 10.0 Å². The van der Waals surface area contributed by atoms with Gasteiger partial charge in [0.1, 0.15) is 6.26 Å². The van der Waals surface area contributed by atoms with Gasteiger partial charge in [0, 0.05) is 12.6 Å². The summed E-state index contributed by atoms with van der Waals surface area (Å²) in [6.45, 7) is 0.345. The Bertz CT molecular complexity index is 735. The lowest BCUT2D eigenvalue weighted by atomic mass is 10.1. The van der Waals surface area contributed by atoms with Crippen molar-refractivity contribution in [2.45, 2.75) is 6.42 Å². The second-order valence-corrected chi connectivity index (χ2v) is 5.73. The lowest BCUT2D eigenvalue weighted by molar-refractivity contribution is 0.0662. The van der Waals surface area contributed by atoms with Crippen molar-refractivity contribution in [1.29, 1.82) is 0 Å². The fourth-order valence-electron chi connectivity index (χ4n) is 1.75. The van der Waals surface area contributed by atoms with Gasteiger partial charge < -0.3 is 14.8 Å². The van der Waals surface area contributed by atoms with Crippen LogP contribution in [0, 0.1) is 0 Å². The van der Waals surface area contributed by atoms with E-state index < -0.39 is 12.0 Å². The summed E-state index contributed by atoms with van der Waals surface area (Å²) >= 11 is 15.8. The zero-order chi connectivity index (χ0) is 17.0. The largest absolute Gasteiger partial charge is 0.475 e. The molecule has 2 amide bonds. The highest BCUT2D eigenvalue weighted by Gasteiger charge is 2.17. The number of nitrogens with zero attached hydrogens (tertiary/aromatic N) is 1. The van der Waals surface area contributed by atoms with E-state index in [0.717, 1.165) is 16.1 Å². The van der Waals surface area contributed by atoms with E-state index >= 15 is 0 Å². The van der Waals surface area contributed by atoms with Crippen LogP contribution in [0.25, 0.3) is 0 Å². The van der Waals surface area contributed by atoms with Gasteiger partial charge in [0.2, 0.25) is 5.76 Å². The van der Waals surface area contributed by atoms with E-state index in [1.54, 1.807) is 12.1 Å². The molecule has 1 aromatic heterocycles. The molecule has 0 saturated carbocycles. The van der Waals surface area contributed by atoms with Crippen molar-refractivity contribution in [2.24, 2.45) is 0 Å². The van der Waals surface area contributed by atoms with E-state index in [4.69, 9.17) is 32.7 Å². The second kappa shape index (κ2) is 7.63. The average Bonchev–Trinajstić information content (AvgIpc) is 3.00. The van der Waals surface area contributed by atoms with Gasteiger partial charge >= 0.3 is 12.0 Å². The number of benzene rings is 1. The molecule has 0 spiro atoms. The Morgan fingerprint density at radius 3 is 2.61 bits per heavy atom. The van der Waals surface area contributed by atoms with Crippen molar-refractivity contribution in [1.82, 2.24) is 5.32 Å². The molecule has 0 aliphatic carbocycles. The van der Waals surface area contributed by atoms with Crippen LogP contribution in [0.1, 0.15) is 16.1 Å². The third-order valence-corrected chi connectivity index (χ3v) is 4.06. The molecule has 122 valence electrons. The summed E-state index contributed by atoms with van der Waals surface area (Å²) in [6.07, 6.45) is 1.69. The number of carboxylic acid groups (broad SMARTS) is 1. The molecule has 1 heterocycles. The molecular formula is C14H12Cl2N2O4S. The highest BCUT2D eigenvalue weighted by Crippen LogP contribution is 2.23. The molecule has 2 aromatic rings. The molecule has 23 heavy (non-hydrogen) atoms. The molecule has 9 heteroatoms. The van der Waals surface area contributed by atoms with Crippen LogP contribution in [-0.4, -0.2) is 23.7 Å². The summed E-state index contributed by atoms with van der Waals surface area (Å²) in [5, 5.41) is 12.3. The van der Waals surface area contributed by atoms with Crippen molar-refractivity contribution < 1.29 is 19.1 Å². The van der Waals surface area contributed by atoms with E-state index in [2.05, 4.69) is 18.1 Å². The number of amides is 2. The highest BCUT2D eigenvalue weighted by atomic mass is 35.5. The van der Waals surface area contributed by atoms with Crippen molar-refractivity contribution in [2.75, 3.05) is 10.8 Å². The highest BCUT2D eigenvalue weighted by molar-refractivity contribution is 7.82. The SMILES string of the molecule is O=C(O)c1cc(N(S)C(=O)NCCc2ccc(Cl)c(Cl)c2)co1. The summed E-state index contributed by atoms with van der Waals surface area (Å²) < 4.78 is 5.76. The molecule has 0 saturated heterocycles. The summed E-state index contributed by atoms with van der Waals surface area (Å²) in [5.41, 5.74) is 1.14. The number of aromatic carboxylic acids is 1. The monoisotopic (exact) mass is 374 g/mol. The van der Waals surface area contributed by atoms with Gasteiger partial charge in [0.15, 0.2) is 0 Å². The van der Waals surface area contributed by atoms with E-state index in [-0.39, 0.29) is 11.4 Å². The Morgan fingerprint density at radius 2 is 2.00 bits per heavy atom. The lowest BCUT2D eigenvalue weighted by Crippen LogP contribution is -2.35. The van der Waals surface area contributed by atoms with E-state index in [9.17, 15) is 9.59 Å². The quantitative estimate of drug-likeness (QED) is 0.693. The lowest BCUT2D eigenvalue weighted by Gasteiger charge is -2.14. The number of thiol groups is 1. The fraction of sp³-hybridized carbons (Fsp3) is 0.143. The summed E-state index contributed by atoms with van der Waals surface area (Å²) in [4.78, 5) is 22.7. The molecule has 0 bridgehead atoms. The second-order valence-electron chi connectivity index (χ2n) is 4.52. The maximum Gasteiger partial charge on any atom is 0.371 e. The number of anilines is 1. The molecular weight excluding hydrogens is 363 g/mol. The summed E-state index contributed by atoms with van der Waals surface area (Å²) in [7, 11) is 0. The number of hydrogen-bond donors (Lipinski definition) is 3. The molecule has 0 aliphatic rings. The molecule has 2 N–H and O–H groups in total. The van der Waals surface area contributed by atoms with Gasteiger partial charge in [-0.25, -0.2) is 13.9 Å². The van der Waals surface area contributed by atoms with Crippen molar-refractivity contribution in [3.63, 3.8) is 0 Å². The molecule has 1 aromatic carbocycles. The molecule has 2 rings (SSSR count). The summed E-state index contributed by atoms with van der Waals surface area (Å²) in [6, 6.07) is 5.92. The third-order valence-electron chi connectivity index (χ3n) is 2.91. The molecule has 0 unspecified atom stereocenters. The first-order valence-electron chi connectivity index (χ1n) is 6.41. The Labute approximate surface area is 147 Å². The van der Waals surface area contributed by atoms with Crippen molar-refractivity contribution in [3.8, 4) is 0 Å². The number of halogens is 2. The topological polar surface area (TPSA) is 82.8 Å². The van der Waals surface area contributed by atoms with E-state index in [0.29, 0.717) is 23.0 Å². The molecule has 0 aliphatic heterocycles. The van der Waals surface area contributed by atoms with Gasteiger partial charge in [0.05, 0.1) is 15.7 Å². The number of carbonyl (C=O) groups is 2. The standard InChI is InChI=1S/C14H12Cl2N2O4S/c15-10-2-1-8(5-11(10)16)3-4-17-14(21)18(23)9-6-12(13(19)20)22-7-9/h1-2,5-7,23H,3-4H2,(H,17,21)(H,19,20). The Morgan fingerprint density at radius 1 is 1.26 bits per heavy atom. The van der Waals surface area contributed by atoms with Crippen LogP contribution < -0.4 is 9.62 Å². The zero-order valence-corrected chi connectivity index (χ0v) is 14.0. The van der Waals surface area contributed by atoms with Crippen LogP contribution in [0.4, 0.5) is 10.5 Å². The Hall–Kier alpha value is -1.83. The first-order valence-corrected chi connectivity index (χ1v) is 7.56. The van der Waals surface area contributed by atoms with Crippen LogP contribution >= 0.6 is 36.0 Å². The minimum absolute atomic E-state index is 0.220. The van der Waals surface area contributed by atoms with Gasteiger partial charge in [-0.05, 0) is 24.1 Å². The maximum atomic E-state index is 11.9. The fourth-order valence-corrected chi connectivity index (χ4v) is 2.25. The average molecular weight is 375 g/mol. The zero-order valence-electron chi connectivity index (χ0n) is 11.6. The summed E-state index contributed by atoms with van der Waals surface area (Å²) in [5.74, 6) is -1.50. The van der Waals surface area contributed by atoms with Crippen molar-refractivity contribution >= 4 is 53.7 Å². The third kappa shape index (κ3) is 4.57. The van der Waals surface area contributed by atoms with E-state index in [1.807, 2.05) is 6.07 Å². The minimum atomic E-state index is -1.22. The van der Waals surface area contributed by atoms with Gasteiger partial charge in [0.25, 0.3) is 0 Å². The molecule has 6 nitrogen and oxygen atoms in total. The minimum Gasteiger partial charge on any atom is -0.475 e. The Balaban J connectivity index is 1.88. The number of carbonyl (C=O) groups excluding carboxylic acids is 1. The van der Waals surface area contributed by atoms with E-state index in [1.165, 1.54) is 6.07 Å². The normalized spacial score (nSPS) is 10.4. The predicted molar refractivity (Wildman–Crippen MR) is 90.7 cm³/mol.